The molecule has 0 radical (unpaired) electrons. The molecule has 1 aliphatic heterocycles. The summed E-state index contributed by atoms with van der Waals surface area (Å²) in [6, 6.07) is 5.63. The van der Waals surface area contributed by atoms with E-state index in [2.05, 4.69) is 24.1 Å². The maximum absolute atomic E-state index is 12.2. The number of morpholine rings is 1. The molecule has 2 rings (SSSR count). The fraction of sp³-hybridized carbons (Fsp3) is 0.533. The molecule has 0 unspecified atom stereocenters. The summed E-state index contributed by atoms with van der Waals surface area (Å²) in [5.41, 5.74) is 8.14. The SMILES string of the molecule is Cc1ccc(NC(=O)CN2CCOCC2(C)C)c(N)c1. The van der Waals surface area contributed by atoms with Crippen molar-refractivity contribution in [2.24, 2.45) is 0 Å². The van der Waals surface area contributed by atoms with Crippen molar-refractivity contribution in [1.29, 1.82) is 0 Å². The first-order chi connectivity index (χ1) is 9.38. The lowest BCUT2D eigenvalue weighted by atomic mass is 10.0. The molecule has 1 heterocycles. The second-order valence-corrected chi connectivity index (χ2v) is 5.93. The molecular weight excluding hydrogens is 254 g/mol. The van der Waals surface area contributed by atoms with Crippen molar-refractivity contribution < 1.29 is 9.53 Å². The molecule has 1 aromatic carbocycles. The second-order valence-electron chi connectivity index (χ2n) is 5.93. The van der Waals surface area contributed by atoms with Crippen LogP contribution in [0.4, 0.5) is 11.4 Å². The molecule has 1 saturated heterocycles. The molecular formula is C15H23N3O2. The molecule has 3 N–H and O–H groups in total. The molecule has 5 heteroatoms. The molecule has 1 fully saturated rings. The topological polar surface area (TPSA) is 67.6 Å². The van der Waals surface area contributed by atoms with E-state index in [9.17, 15) is 4.79 Å². The van der Waals surface area contributed by atoms with Crippen molar-refractivity contribution in [2.75, 3.05) is 37.4 Å². The van der Waals surface area contributed by atoms with Gasteiger partial charge < -0.3 is 15.8 Å². The van der Waals surface area contributed by atoms with E-state index in [4.69, 9.17) is 10.5 Å². The van der Waals surface area contributed by atoms with Gasteiger partial charge in [-0.25, -0.2) is 0 Å². The number of nitrogens with two attached hydrogens (primary N) is 1. The Morgan fingerprint density at radius 1 is 1.50 bits per heavy atom. The number of rotatable bonds is 3. The molecule has 0 spiro atoms. The Hall–Kier alpha value is -1.59. The lowest BCUT2D eigenvalue weighted by Crippen LogP contribution is -2.55. The molecule has 0 bridgehead atoms. The minimum atomic E-state index is -0.117. The van der Waals surface area contributed by atoms with E-state index >= 15 is 0 Å². The third-order valence-electron chi connectivity index (χ3n) is 3.63. The van der Waals surface area contributed by atoms with Crippen molar-refractivity contribution in [3.05, 3.63) is 23.8 Å². The van der Waals surface area contributed by atoms with Crippen molar-refractivity contribution in [3.63, 3.8) is 0 Å². The van der Waals surface area contributed by atoms with Gasteiger partial charge in [0.1, 0.15) is 0 Å². The number of nitrogens with one attached hydrogen (secondary N) is 1. The smallest absolute Gasteiger partial charge is 0.238 e. The number of carbonyl (C=O) groups excluding carboxylic acids is 1. The van der Waals surface area contributed by atoms with Gasteiger partial charge in [0.05, 0.1) is 31.1 Å². The highest BCUT2D eigenvalue weighted by Crippen LogP contribution is 2.21. The summed E-state index contributed by atoms with van der Waals surface area (Å²) in [4.78, 5) is 14.3. The Kier molecular flexibility index (Phi) is 4.30. The number of aryl methyl sites for hydroxylation is 1. The maximum atomic E-state index is 12.2. The summed E-state index contributed by atoms with van der Waals surface area (Å²) in [5.74, 6) is -0.0458. The van der Waals surface area contributed by atoms with Crippen LogP contribution in [0.1, 0.15) is 19.4 Å². The van der Waals surface area contributed by atoms with Gasteiger partial charge in [0.15, 0.2) is 0 Å². The van der Waals surface area contributed by atoms with Crippen LogP contribution < -0.4 is 11.1 Å². The summed E-state index contributed by atoms with van der Waals surface area (Å²) in [7, 11) is 0. The van der Waals surface area contributed by atoms with E-state index in [1.54, 1.807) is 0 Å². The predicted octanol–water partition coefficient (Wildman–Crippen LogP) is 1.63. The van der Waals surface area contributed by atoms with Crippen LogP contribution in [-0.2, 0) is 9.53 Å². The highest BCUT2D eigenvalue weighted by atomic mass is 16.5. The Morgan fingerprint density at radius 2 is 2.25 bits per heavy atom. The van der Waals surface area contributed by atoms with Crippen LogP contribution in [0.3, 0.4) is 0 Å². The molecule has 1 amide bonds. The van der Waals surface area contributed by atoms with Gasteiger partial charge in [-0.1, -0.05) is 6.07 Å². The van der Waals surface area contributed by atoms with Crippen molar-refractivity contribution in [1.82, 2.24) is 4.90 Å². The zero-order valence-electron chi connectivity index (χ0n) is 12.4. The van der Waals surface area contributed by atoms with Gasteiger partial charge >= 0.3 is 0 Å². The Bertz CT molecular complexity index is 500. The van der Waals surface area contributed by atoms with Gasteiger partial charge in [0, 0.05) is 12.1 Å². The number of hydrogen-bond donors (Lipinski definition) is 2. The second kappa shape index (κ2) is 5.81. The Balaban J connectivity index is 1.98. The number of nitrogens with zero attached hydrogens (tertiary/aromatic N) is 1. The predicted molar refractivity (Wildman–Crippen MR) is 80.7 cm³/mol. The number of anilines is 2. The maximum Gasteiger partial charge on any atom is 0.238 e. The summed E-state index contributed by atoms with van der Waals surface area (Å²) in [5, 5.41) is 2.88. The molecule has 110 valence electrons. The number of benzene rings is 1. The van der Waals surface area contributed by atoms with Crippen LogP contribution in [0.25, 0.3) is 0 Å². The van der Waals surface area contributed by atoms with E-state index in [0.29, 0.717) is 31.1 Å². The minimum Gasteiger partial charge on any atom is -0.397 e. The van der Waals surface area contributed by atoms with Crippen molar-refractivity contribution in [3.8, 4) is 0 Å². The summed E-state index contributed by atoms with van der Waals surface area (Å²) in [6.45, 7) is 8.57. The number of hydrogen-bond acceptors (Lipinski definition) is 4. The van der Waals surface area contributed by atoms with Gasteiger partial charge in [0.25, 0.3) is 0 Å². The van der Waals surface area contributed by atoms with Gasteiger partial charge in [-0.15, -0.1) is 0 Å². The molecule has 0 aliphatic carbocycles. The average Bonchev–Trinajstić information content (AvgIpc) is 2.35. The van der Waals surface area contributed by atoms with E-state index < -0.39 is 0 Å². The number of amides is 1. The monoisotopic (exact) mass is 277 g/mol. The Labute approximate surface area is 120 Å². The summed E-state index contributed by atoms with van der Waals surface area (Å²) in [6.07, 6.45) is 0. The van der Waals surface area contributed by atoms with E-state index in [1.807, 2.05) is 25.1 Å². The van der Waals surface area contributed by atoms with Crippen LogP contribution in [0.5, 0.6) is 0 Å². The highest BCUT2D eigenvalue weighted by molar-refractivity contribution is 5.95. The summed E-state index contributed by atoms with van der Waals surface area (Å²) >= 11 is 0. The fourth-order valence-corrected chi connectivity index (χ4v) is 2.34. The lowest BCUT2D eigenvalue weighted by molar-refractivity contribution is -0.122. The molecule has 1 aromatic rings. The average molecular weight is 277 g/mol. The number of ether oxygens (including phenoxy) is 1. The first-order valence-corrected chi connectivity index (χ1v) is 6.87. The van der Waals surface area contributed by atoms with E-state index in [-0.39, 0.29) is 11.4 Å². The lowest BCUT2D eigenvalue weighted by Gasteiger charge is -2.41. The van der Waals surface area contributed by atoms with E-state index in [1.165, 1.54) is 0 Å². The largest absolute Gasteiger partial charge is 0.397 e. The zero-order valence-corrected chi connectivity index (χ0v) is 12.4. The van der Waals surface area contributed by atoms with Crippen molar-refractivity contribution in [2.45, 2.75) is 26.3 Å². The van der Waals surface area contributed by atoms with Gasteiger partial charge in [0.2, 0.25) is 5.91 Å². The number of carbonyl (C=O) groups is 1. The third kappa shape index (κ3) is 3.49. The van der Waals surface area contributed by atoms with Gasteiger partial charge in [-0.2, -0.15) is 0 Å². The quantitative estimate of drug-likeness (QED) is 0.824. The molecule has 20 heavy (non-hydrogen) atoms. The van der Waals surface area contributed by atoms with Crippen LogP contribution >= 0.6 is 0 Å². The van der Waals surface area contributed by atoms with Crippen LogP contribution in [-0.4, -0.2) is 42.6 Å². The van der Waals surface area contributed by atoms with Gasteiger partial charge in [-0.05, 0) is 38.5 Å². The number of nitrogen functional groups attached to an aromatic ring is 1. The molecule has 0 aromatic heterocycles. The normalized spacial score (nSPS) is 18.8. The molecule has 1 aliphatic rings. The van der Waals surface area contributed by atoms with Crippen molar-refractivity contribution >= 4 is 17.3 Å². The third-order valence-corrected chi connectivity index (χ3v) is 3.63. The summed E-state index contributed by atoms with van der Waals surface area (Å²) < 4.78 is 5.45. The van der Waals surface area contributed by atoms with Crippen LogP contribution in [0.2, 0.25) is 0 Å². The van der Waals surface area contributed by atoms with E-state index in [0.717, 1.165) is 12.1 Å². The molecule has 0 atom stereocenters. The van der Waals surface area contributed by atoms with Crippen LogP contribution in [0.15, 0.2) is 18.2 Å². The first-order valence-electron chi connectivity index (χ1n) is 6.87. The highest BCUT2D eigenvalue weighted by Gasteiger charge is 2.31. The first kappa shape index (κ1) is 14.8. The Morgan fingerprint density at radius 3 is 2.90 bits per heavy atom. The fourth-order valence-electron chi connectivity index (χ4n) is 2.34. The molecule has 5 nitrogen and oxygen atoms in total. The van der Waals surface area contributed by atoms with Gasteiger partial charge in [-0.3, -0.25) is 9.69 Å². The molecule has 0 saturated carbocycles. The standard InChI is InChI=1S/C15H23N3O2/c1-11-4-5-13(12(16)8-11)17-14(19)9-18-6-7-20-10-15(18,2)3/h4-5,8H,6-7,9-10,16H2,1-3H3,(H,17,19). The van der Waals surface area contributed by atoms with Crippen LogP contribution in [0, 0.1) is 6.92 Å². The minimum absolute atomic E-state index is 0.0458. The zero-order chi connectivity index (χ0) is 14.8.